The zero-order chi connectivity index (χ0) is 42.4. The van der Waals surface area contributed by atoms with E-state index in [1.165, 1.54) is 71.2 Å². The van der Waals surface area contributed by atoms with Crippen LogP contribution in [0.2, 0.25) is 0 Å². The third-order valence-electron chi connectivity index (χ3n) is 12.8. The molecular weight excluding hydrogens is 773 g/mol. The molecule has 1 heterocycles. The highest BCUT2D eigenvalue weighted by Crippen LogP contribution is 2.45. The molecule has 0 atom stereocenters. The summed E-state index contributed by atoms with van der Waals surface area (Å²) in [6, 6.07) is 92.7. The van der Waals surface area contributed by atoms with Crippen molar-refractivity contribution in [3.63, 3.8) is 0 Å². The van der Waals surface area contributed by atoms with E-state index in [0.717, 1.165) is 39.4 Å². The van der Waals surface area contributed by atoms with Crippen LogP contribution in [0.25, 0.3) is 93.5 Å². The first-order valence-corrected chi connectivity index (χ1v) is 22.0. The van der Waals surface area contributed by atoms with Crippen LogP contribution in [0.15, 0.2) is 255 Å². The Balaban J connectivity index is 1.03. The zero-order valence-corrected chi connectivity index (χ0v) is 35.1. The minimum Gasteiger partial charge on any atom is -0.310 e. The molecule has 0 saturated carbocycles. The van der Waals surface area contributed by atoms with E-state index in [1.807, 2.05) is 0 Å². The van der Waals surface area contributed by atoms with Crippen molar-refractivity contribution < 1.29 is 0 Å². The molecule has 2 heteroatoms. The number of hydrogen-bond acceptors (Lipinski definition) is 1. The van der Waals surface area contributed by atoms with Crippen LogP contribution in [-0.2, 0) is 0 Å². The highest BCUT2D eigenvalue weighted by molar-refractivity contribution is 6.12. The summed E-state index contributed by atoms with van der Waals surface area (Å²) >= 11 is 0. The summed E-state index contributed by atoms with van der Waals surface area (Å²) in [5.74, 6) is 0. The Morgan fingerprint density at radius 3 is 1.66 bits per heavy atom. The Morgan fingerprint density at radius 1 is 0.266 bits per heavy atom. The highest BCUT2D eigenvalue weighted by atomic mass is 15.1. The minimum absolute atomic E-state index is 1.08. The predicted octanol–water partition coefficient (Wildman–Crippen LogP) is 17.2. The largest absolute Gasteiger partial charge is 0.310 e. The molecule has 0 radical (unpaired) electrons. The van der Waals surface area contributed by atoms with Crippen LogP contribution in [-0.4, -0.2) is 4.57 Å². The van der Waals surface area contributed by atoms with Gasteiger partial charge in [-0.3, -0.25) is 0 Å². The quantitative estimate of drug-likeness (QED) is 0.139. The molecule has 0 saturated heterocycles. The number of nitrogens with zero attached hydrogens (tertiary/aromatic N) is 2. The molecule has 64 heavy (non-hydrogen) atoms. The van der Waals surface area contributed by atoms with Crippen molar-refractivity contribution in [2.24, 2.45) is 0 Å². The first kappa shape index (κ1) is 37.3. The molecule has 300 valence electrons. The lowest BCUT2D eigenvalue weighted by molar-refractivity contribution is 1.18. The fraction of sp³-hybridized carbons (Fsp3) is 0. The lowest BCUT2D eigenvalue weighted by Crippen LogP contribution is -2.11. The fourth-order valence-corrected chi connectivity index (χ4v) is 9.73. The summed E-state index contributed by atoms with van der Waals surface area (Å²) < 4.78 is 2.38. The molecule has 0 aliphatic heterocycles. The Kier molecular flexibility index (Phi) is 9.20. The van der Waals surface area contributed by atoms with Gasteiger partial charge >= 0.3 is 0 Å². The molecule has 0 aliphatic rings. The third kappa shape index (κ3) is 6.52. The van der Waals surface area contributed by atoms with Gasteiger partial charge in [-0.25, -0.2) is 0 Å². The van der Waals surface area contributed by atoms with Crippen molar-refractivity contribution in [2.45, 2.75) is 0 Å². The van der Waals surface area contributed by atoms with E-state index in [-0.39, 0.29) is 0 Å². The van der Waals surface area contributed by atoms with Crippen molar-refractivity contribution in [2.75, 3.05) is 4.90 Å². The van der Waals surface area contributed by atoms with Crippen LogP contribution in [0.5, 0.6) is 0 Å². The Bertz CT molecular complexity index is 3640. The maximum absolute atomic E-state index is 2.43. The number of hydrogen-bond donors (Lipinski definition) is 0. The molecule has 0 bridgehead atoms. The normalized spacial score (nSPS) is 11.4. The molecule has 0 fully saturated rings. The van der Waals surface area contributed by atoms with Gasteiger partial charge in [0.1, 0.15) is 0 Å². The second kappa shape index (κ2) is 15.8. The molecule has 11 aromatic carbocycles. The third-order valence-corrected chi connectivity index (χ3v) is 12.8. The van der Waals surface area contributed by atoms with E-state index in [9.17, 15) is 0 Å². The average Bonchev–Trinajstić information content (AvgIpc) is 3.71. The number of para-hydroxylation sites is 2. The van der Waals surface area contributed by atoms with Crippen LogP contribution >= 0.6 is 0 Å². The predicted molar refractivity (Wildman–Crippen MR) is 272 cm³/mol. The molecule has 12 rings (SSSR count). The summed E-state index contributed by atoms with van der Waals surface area (Å²) in [7, 11) is 0. The van der Waals surface area contributed by atoms with E-state index in [0.29, 0.717) is 0 Å². The maximum atomic E-state index is 2.43. The lowest BCUT2D eigenvalue weighted by Gasteiger charge is -2.29. The molecule has 0 spiro atoms. The number of fused-ring (bicyclic) bond motifs is 6. The van der Waals surface area contributed by atoms with Gasteiger partial charge in [-0.1, -0.05) is 188 Å². The Labute approximate surface area is 373 Å². The minimum atomic E-state index is 1.08. The van der Waals surface area contributed by atoms with E-state index in [1.54, 1.807) is 0 Å². The lowest BCUT2D eigenvalue weighted by atomic mass is 9.94. The monoisotopic (exact) mass is 814 g/mol. The summed E-state index contributed by atoms with van der Waals surface area (Å²) in [6.07, 6.45) is 0. The van der Waals surface area contributed by atoms with Crippen molar-refractivity contribution in [3.8, 4) is 50.2 Å². The standard InChI is InChI=1S/C62H42N2/c1-4-16-43(17-5-1)48-33-38-61(58(41-48)44-18-6-2-7-19-44)63(51-35-30-46(31-36-51)54-27-15-28-55-53-25-11-10-20-45(53)32-37-56(54)55)52-24-14-21-47(40-52)49-34-39-62-59(42-49)57-26-12-13-29-60(57)64(62)50-22-8-3-9-23-50/h1-42H. The van der Waals surface area contributed by atoms with Crippen LogP contribution in [0.3, 0.4) is 0 Å². The van der Waals surface area contributed by atoms with E-state index >= 15 is 0 Å². The van der Waals surface area contributed by atoms with Gasteiger partial charge in [-0.15, -0.1) is 0 Å². The van der Waals surface area contributed by atoms with Gasteiger partial charge in [0.05, 0.1) is 16.7 Å². The molecule has 0 unspecified atom stereocenters. The second-order valence-corrected chi connectivity index (χ2v) is 16.5. The van der Waals surface area contributed by atoms with Gasteiger partial charge in [0.15, 0.2) is 0 Å². The van der Waals surface area contributed by atoms with Crippen LogP contribution in [0.1, 0.15) is 0 Å². The van der Waals surface area contributed by atoms with Gasteiger partial charge in [0, 0.05) is 33.4 Å². The van der Waals surface area contributed by atoms with Gasteiger partial charge in [0.2, 0.25) is 0 Å². The van der Waals surface area contributed by atoms with Crippen molar-refractivity contribution in [3.05, 3.63) is 255 Å². The van der Waals surface area contributed by atoms with Crippen LogP contribution < -0.4 is 4.90 Å². The van der Waals surface area contributed by atoms with E-state index in [2.05, 4.69) is 264 Å². The number of benzene rings is 11. The molecule has 2 nitrogen and oxygen atoms in total. The first-order chi connectivity index (χ1) is 31.7. The second-order valence-electron chi connectivity index (χ2n) is 16.5. The van der Waals surface area contributed by atoms with Crippen molar-refractivity contribution in [1.82, 2.24) is 4.57 Å². The van der Waals surface area contributed by atoms with Gasteiger partial charge in [-0.2, -0.15) is 0 Å². The van der Waals surface area contributed by atoms with Crippen LogP contribution in [0.4, 0.5) is 17.1 Å². The maximum Gasteiger partial charge on any atom is 0.0541 e. The van der Waals surface area contributed by atoms with E-state index in [4.69, 9.17) is 0 Å². The molecule has 0 amide bonds. The number of anilines is 3. The van der Waals surface area contributed by atoms with Crippen LogP contribution in [0, 0.1) is 0 Å². The summed E-state index contributed by atoms with van der Waals surface area (Å²) in [5.41, 5.74) is 16.3. The Hall–Kier alpha value is -8.46. The summed E-state index contributed by atoms with van der Waals surface area (Å²) in [5, 5.41) is 7.53. The smallest absolute Gasteiger partial charge is 0.0541 e. The Morgan fingerprint density at radius 2 is 0.844 bits per heavy atom. The first-order valence-electron chi connectivity index (χ1n) is 22.0. The van der Waals surface area contributed by atoms with Gasteiger partial charge in [0.25, 0.3) is 0 Å². The average molecular weight is 815 g/mol. The summed E-state index contributed by atoms with van der Waals surface area (Å²) in [6.45, 7) is 0. The van der Waals surface area contributed by atoms with Gasteiger partial charge in [-0.05, 0) is 127 Å². The highest BCUT2D eigenvalue weighted by Gasteiger charge is 2.20. The molecule has 0 N–H and O–H groups in total. The number of aromatic nitrogens is 1. The fourth-order valence-electron chi connectivity index (χ4n) is 9.73. The van der Waals surface area contributed by atoms with Crippen molar-refractivity contribution in [1.29, 1.82) is 0 Å². The zero-order valence-electron chi connectivity index (χ0n) is 35.1. The van der Waals surface area contributed by atoms with E-state index < -0.39 is 0 Å². The topological polar surface area (TPSA) is 8.17 Å². The molecule has 0 aliphatic carbocycles. The SMILES string of the molecule is c1ccc(-c2ccc(N(c3ccc(-c4cccc5c4ccc4ccccc45)cc3)c3cccc(-c4ccc5c(c4)c4ccccc4n5-c4ccccc4)c3)c(-c3ccccc3)c2)cc1. The molecule has 1 aromatic heterocycles. The number of rotatable bonds is 8. The van der Waals surface area contributed by atoms with Gasteiger partial charge < -0.3 is 9.47 Å². The van der Waals surface area contributed by atoms with Crippen molar-refractivity contribution >= 4 is 60.4 Å². The molecule has 12 aromatic rings. The summed E-state index contributed by atoms with van der Waals surface area (Å²) in [4.78, 5) is 2.43. The molecular formula is C62H42N2.